The number of hydrogen-bond donors (Lipinski definition) is 2. The van der Waals surface area contributed by atoms with E-state index >= 15 is 0 Å². The van der Waals surface area contributed by atoms with Crippen LogP contribution in [0.2, 0.25) is 0 Å². The summed E-state index contributed by atoms with van der Waals surface area (Å²) in [7, 11) is 0. The number of amides is 2. The van der Waals surface area contributed by atoms with Crippen LogP contribution in [0.4, 0.5) is 10.6 Å². The number of hydrogen-bond acceptors (Lipinski definition) is 2. The molecule has 0 atom stereocenters. The first kappa shape index (κ1) is 10.2. The SMILES string of the molecule is C=C(C)NC(=O)Nc1ccc(C)cn1. The molecule has 0 bridgehead atoms. The lowest BCUT2D eigenvalue weighted by atomic mass is 10.3. The molecule has 2 N–H and O–H groups in total. The number of nitrogens with one attached hydrogen (secondary N) is 2. The minimum absolute atomic E-state index is 0.325. The van der Waals surface area contributed by atoms with Gasteiger partial charge < -0.3 is 5.32 Å². The lowest BCUT2D eigenvalue weighted by molar-refractivity contribution is 0.254. The molecular weight excluding hydrogens is 178 g/mol. The average Bonchev–Trinajstić information content (AvgIpc) is 2.07. The van der Waals surface area contributed by atoms with Gasteiger partial charge in [-0.15, -0.1) is 0 Å². The molecule has 2 amide bonds. The fourth-order valence-electron chi connectivity index (χ4n) is 0.883. The molecular formula is C10H13N3O. The highest BCUT2D eigenvalue weighted by molar-refractivity contribution is 5.89. The molecule has 1 aromatic heterocycles. The quantitative estimate of drug-likeness (QED) is 0.751. The van der Waals surface area contributed by atoms with Crippen LogP contribution in [-0.2, 0) is 0 Å². The van der Waals surface area contributed by atoms with E-state index in [9.17, 15) is 4.79 Å². The molecule has 1 rings (SSSR count). The number of nitrogens with zero attached hydrogens (tertiary/aromatic N) is 1. The number of carbonyl (C=O) groups excluding carboxylic acids is 1. The minimum Gasteiger partial charge on any atom is -0.312 e. The van der Waals surface area contributed by atoms with Crippen molar-refractivity contribution in [2.75, 3.05) is 5.32 Å². The van der Waals surface area contributed by atoms with Crippen molar-refractivity contribution in [2.24, 2.45) is 0 Å². The zero-order valence-corrected chi connectivity index (χ0v) is 8.29. The van der Waals surface area contributed by atoms with Crippen molar-refractivity contribution in [3.8, 4) is 0 Å². The predicted octanol–water partition coefficient (Wildman–Crippen LogP) is 2.05. The van der Waals surface area contributed by atoms with Crippen LogP contribution in [0.5, 0.6) is 0 Å². The molecule has 0 aliphatic carbocycles. The van der Waals surface area contributed by atoms with Crippen LogP contribution in [-0.4, -0.2) is 11.0 Å². The second-order valence-electron chi connectivity index (χ2n) is 3.08. The standard InChI is InChI=1S/C10H13N3O/c1-7(2)12-10(14)13-9-5-4-8(3)6-11-9/h4-6H,1H2,2-3H3,(H2,11,12,13,14). The predicted molar refractivity (Wildman–Crippen MR) is 55.9 cm³/mol. The summed E-state index contributed by atoms with van der Waals surface area (Å²) in [6, 6.07) is 3.30. The Morgan fingerprint density at radius 3 is 2.71 bits per heavy atom. The number of urea groups is 1. The first-order valence-corrected chi connectivity index (χ1v) is 4.24. The highest BCUT2D eigenvalue weighted by Crippen LogP contribution is 2.03. The van der Waals surface area contributed by atoms with Gasteiger partial charge in [-0.1, -0.05) is 12.6 Å². The summed E-state index contributed by atoms with van der Waals surface area (Å²) in [5.74, 6) is 0.523. The molecule has 4 heteroatoms. The molecule has 1 aromatic rings. The zero-order chi connectivity index (χ0) is 10.6. The van der Waals surface area contributed by atoms with E-state index < -0.39 is 0 Å². The number of allylic oxidation sites excluding steroid dienone is 1. The van der Waals surface area contributed by atoms with Gasteiger partial charge in [0.05, 0.1) is 0 Å². The molecule has 0 aliphatic rings. The van der Waals surface area contributed by atoms with E-state index in [0.717, 1.165) is 5.56 Å². The van der Waals surface area contributed by atoms with E-state index in [4.69, 9.17) is 0 Å². The van der Waals surface area contributed by atoms with Gasteiger partial charge in [0.25, 0.3) is 0 Å². The van der Waals surface area contributed by atoms with Crippen molar-refractivity contribution in [1.29, 1.82) is 0 Å². The van der Waals surface area contributed by atoms with Gasteiger partial charge in [0, 0.05) is 11.9 Å². The molecule has 0 aliphatic heterocycles. The van der Waals surface area contributed by atoms with Crippen molar-refractivity contribution in [2.45, 2.75) is 13.8 Å². The van der Waals surface area contributed by atoms with Crippen molar-refractivity contribution >= 4 is 11.8 Å². The number of anilines is 1. The van der Waals surface area contributed by atoms with Crippen LogP contribution in [0, 0.1) is 6.92 Å². The van der Waals surface area contributed by atoms with Crippen molar-refractivity contribution < 1.29 is 4.79 Å². The first-order valence-electron chi connectivity index (χ1n) is 4.24. The van der Waals surface area contributed by atoms with E-state index in [-0.39, 0.29) is 6.03 Å². The fraction of sp³-hybridized carbons (Fsp3) is 0.200. The Morgan fingerprint density at radius 1 is 1.50 bits per heavy atom. The Labute approximate surface area is 83.0 Å². The average molecular weight is 191 g/mol. The van der Waals surface area contributed by atoms with Gasteiger partial charge >= 0.3 is 6.03 Å². The lowest BCUT2D eigenvalue weighted by Gasteiger charge is -2.05. The van der Waals surface area contributed by atoms with Gasteiger partial charge in [-0.3, -0.25) is 5.32 Å². The maximum Gasteiger partial charge on any atom is 0.324 e. The highest BCUT2D eigenvalue weighted by Gasteiger charge is 2.00. The van der Waals surface area contributed by atoms with E-state index in [0.29, 0.717) is 11.5 Å². The second-order valence-corrected chi connectivity index (χ2v) is 3.08. The summed E-state index contributed by atoms with van der Waals surface area (Å²) in [6.45, 7) is 7.20. The Kier molecular flexibility index (Phi) is 3.23. The van der Waals surface area contributed by atoms with Gasteiger partial charge in [0.2, 0.25) is 0 Å². The van der Waals surface area contributed by atoms with E-state index in [2.05, 4.69) is 22.2 Å². The number of aryl methyl sites for hydroxylation is 1. The Bertz CT molecular complexity index is 343. The Hall–Kier alpha value is -1.84. The Morgan fingerprint density at radius 2 is 2.21 bits per heavy atom. The van der Waals surface area contributed by atoms with Crippen molar-refractivity contribution in [3.05, 3.63) is 36.2 Å². The molecule has 74 valence electrons. The van der Waals surface area contributed by atoms with Crippen LogP contribution in [0.15, 0.2) is 30.6 Å². The largest absolute Gasteiger partial charge is 0.324 e. The molecule has 0 radical (unpaired) electrons. The lowest BCUT2D eigenvalue weighted by Crippen LogP contribution is -2.26. The molecule has 4 nitrogen and oxygen atoms in total. The molecule has 14 heavy (non-hydrogen) atoms. The third kappa shape index (κ3) is 3.26. The normalized spacial score (nSPS) is 9.29. The molecule has 0 saturated carbocycles. The summed E-state index contributed by atoms with van der Waals surface area (Å²) >= 11 is 0. The van der Waals surface area contributed by atoms with Crippen LogP contribution in [0.25, 0.3) is 0 Å². The number of aromatic nitrogens is 1. The van der Waals surface area contributed by atoms with Crippen LogP contribution in [0.1, 0.15) is 12.5 Å². The number of pyridine rings is 1. The van der Waals surface area contributed by atoms with Gasteiger partial charge in [-0.2, -0.15) is 0 Å². The summed E-state index contributed by atoms with van der Waals surface area (Å²) in [5, 5.41) is 5.10. The third-order valence-electron chi connectivity index (χ3n) is 1.48. The number of rotatable bonds is 2. The van der Waals surface area contributed by atoms with Crippen LogP contribution < -0.4 is 10.6 Å². The van der Waals surface area contributed by atoms with E-state index in [1.54, 1.807) is 19.2 Å². The van der Waals surface area contributed by atoms with Crippen LogP contribution >= 0.6 is 0 Å². The number of carbonyl (C=O) groups is 1. The van der Waals surface area contributed by atoms with E-state index in [1.807, 2.05) is 13.0 Å². The third-order valence-corrected chi connectivity index (χ3v) is 1.48. The second kappa shape index (κ2) is 4.41. The molecule has 0 aromatic carbocycles. The highest BCUT2D eigenvalue weighted by atomic mass is 16.2. The van der Waals surface area contributed by atoms with Gasteiger partial charge in [-0.05, 0) is 25.5 Å². The van der Waals surface area contributed by atoms with Gasteiger partial charge in [0.15, 0.2) is 0 Å². The smallest absolute Gasteiger partial charge is 0.312 e. The van der Waals surface area contributed by atoms with Gasteiger partial charge in [0.1, 0.15) is 5.82 Å². The van der Waals surface area contributed by atoms with Crippen molar-refractivity contribution in [1.82, 2.24) is 10.3 Å². The summed E-state index contributed by atoms with van der Waals surface area (Å²) in [5.41, 5.74) is 1.64. The maximum atomic E-state index is 11.2. The molecule has 0 unspecified atom stereocenters. The molecule has 0 fully saturated rings. The molecule has 0 saturated heterocycles. The minimum atomic E-state index is -0.325. The first-order chi connectivity index (χ1) is 6.58. The summed E-state index contributed by atoms with van der Waals surface area (Å²) < 4.78 is 0. The Balaban J connectivity index is 2.56. The maximum absolute atomic E-state index is 11.2. The van der Waals surface area contributed by atoms with Gasteiger partial charge in [-0.25, -0.2) is 9.78 Å². The summed E-state index contributed by atoms with van der Waals surface area (Å²) in [6.07, 6.45) is 1.69. The molecule has 0 spiro atoms. The van der Waals surface area contributed by atoms with Crippen molar-refractivity contribution in [3.63, 3.8) is 0 Å². The van der Waals surface area contributed by atoms with E-state index in [1.165, 1.54) is 0 Å². The summed E-state index contributed by atoms with van der Waals surface area (Å²) in [4.78, 5) is 15.2. The topological polar surface area (TPSA) is 54.0 Å². The monoisotopic (exact) mass is 191 g/mol. The molecule has 1 heterocycles. The zero-order valence-electron chi connectivity index (χ0n) is 8.29. The van der Waals surface area contributed by atoms with Crippen LogP contribution in [0.3, 0.4) is 0 Å². The fourth-order valence-corrected chi connectivity index (χ4v) is 0.883.